The highest BCUT2D eigenvalue weighted by Gasteiger charge is 2.40. The van der Waals surface area contributed by atoms with Crippen LogP contribution in [0.5, 0.6) is 0 Å². The average Bonchev–Trinajstić information content (AvgIpc) is 2.46. The van der Waals surface area contributed by atoms with E-state index in [0.717, 1.165) is 5.56 Å². The Balaban J connectivity index is 2.24. The third-order valence-corrected chi connectivity index (χ3v) is 3.93. The lowest BCUT2D eigenvalue weighted by Crippen LogP contribution is -2.53. The van der Waals surface area contributed by atoms with Crippen LogP contribution >= 0.6 is 0 Å². The maximum Gasteiger partial charge on any atom is 0.497 e. The van der Waals surface area contributed by atoms with Crippen molar-refractivity contribution in [3.8, 4) is 11.4 Å². The lowest BCUT2D eigenvalue weighted by atomic mass is 9.77. The van der Waals surface area contributed by atoms with E-state index in [1.807, 2.05) is 0 Å². The molecule has 0 bridgehead atoms. The highest BCUT2D eigenvalue weighted by atomic mass is 16.5. The second-order valence-corrected chi connectivity index (χ2v) is 6.31. The molecule has 2 rings (SSSR count). The number of aromatic nitrogens is 3. The van der Waals surface area contributed by atoms with Crippen LogP contribution < -0.4 is 11.2 Å². The summed E-state index contributed by atoms with van der Waals surface area (Å²) >= 11 is 0. The van der Waals surface area contributed by atoms with Crippen molar-refractivity contribution in [1.29, 1.82) is 0 Å². The molecule has 0 aliphatic heterocycles. The Bertz CT molecular complexity index is 674. The van der Waals surface area contributed by atoms with E-state index in [1.165, 1.54) is 6.20 Å². The van der Waals surface area contributed by atoms with Gasteiger partial charge in [-0.15, -0.1) is 0 Å². The summed E-state index contributed by atoms with van der Waals surface area (Å²) in [6.45, 7) is 6.56. The molecule has 23 heavy (non-hydrogen) atoms. The van der Waals surface area contributed by atoms with Crippen LogP contribution in [0, 0.1) is 0 Å². The van der Waals surface area contributed by atoms with Crippen LogP contribution in [0.3, 0.4) is 0 Å². The normalized spacial score (nSPS) is 12.3. The Labute approximate surface area is 135 Å². The first-order chi connectivity index (χ1) is 10.6. The molecular weight excluding hydrogens is 295 g/mol. The molecule has 0 atom stereocenters. The Morgan fingerprint density at radius 3 is 2.30 bits per heavy atom. The molecule has 8 heteroatoms. The SMILES string of the molecule is CC(C)(O)C(C)(C)OB(O)c1cnc(-c2ccncc2)nc1N. The van der Waals surface area contributed by atoms with Crippen molar-refractivity contribution >= 4 is 18.4 Å². The molecule has 0 saturated heterocycles. The number of hydrogen-bond acceptors (Lipinski definition) is 7. The fraction of sp³-hybridized carbons (Fsp3) is 0.400. The summed E-state index contributed by atoms with van der Waals surface area (Å²) in [5.41, 5.74) is 4.79. The molecule has 4 N–H and O–H groups in total. The zero-order valence-electron chi connectivity index (χ0n) is 13.7. The van der Waals surface area contributed by atoms with Gasteiger partial charge in [0.1, 0.15) is 5.82 Å². The van der Waals surface area contributed by atoms with Crippen LogP contribution in [-0.2, 0) is 4.65 Å². The molecule has 0 spiro atoms. The Hall–Kier alpha value is -2.03. The lowest BCUT2D eigenvalue weighted by molar-refractivity contribution is -0.0982. The van der Waals surface area contributed by atoms with Crippen molar-refractivity contribution in [2.24, 2.45) is 0 Å². The van der Waals surface area contributed by atoms with E-state index in [1.54, 1.807) is 52.2 Å². The monoisotopic (exact) mass is 316 g/mol. The molecule has 2 heterocycles. The first-order valence-corrected chi connectivity index (χ1v) is 7.23. The second kappa shape index (κ2) is 6.23. The zero-order valence-corrected chi connectivity index (χ0v) is 13.7. The summed E-state index contributed by atoms with van der Waals surface area (Å²) in [5.74, 6) is 0.549. The summed E-state index contributed by atoms with van der Waals surface area (Å²) in [6, 6.07) is 3.53. The number of nitrogens with two attached hydrogens (primary N) is 1. The summed E-state index contributed by atoms with van der Waals surface area (Å²) in [6.07, 6.45) is 4.68. The minimum Gasteiger partial charge on any atom is -0.423 e. The molecular formula is C15H21BN4O3. The third kappa shape index (κ3) is 3.84. The number of nitrogen functional groups attached to an aromatic ring is 1. The highest BCUT2D eigenvalue weighted by Crippen LogP contribution is 2.25. The van der Waals surface area contributed by atoms with Gasteiger partial charge in [0.2, 0.25) is 0 Å². The number of aliphatic hydroxyl groups is 1. The molecule has 0 amide bonds. The van der Waals surface area contributed by atoms with E-state index in [9.17, 15) is 10.1 Å². The standard InChI is InChI=1S/C15H21BN4O3/c1-14(2,21)15(3,4)23-16(22)11-9-19-13(20-12(11)17)10-5-7-18-8-6-10/h5-9,21-22H,1-4H3,(H2,17,19,20). The molecule has 0 unspecified atom stereocenters. The van der Waals surface area contributed by atoms with E-state index < -0.39 is 18.3 Å². The zero-order chi connectivity index (χ0) is 17.3. The van der Waals surface area contributed by atoms with Gasteiger partial charge in [0.15, 0.2) is 5.82 Å². The van der Waals surface area contributed by atoms with Crippen molar-refractivity contribution in [2.45, 2.75) is 38.9 Å². The topological polar surface area (TPSA) is 114 Å². The maximum absolute atomic E-state index is 10.3. The fourth-order valence-electron chi connectivity index (χ4n) is 1.72. The number of nitrogens with zero attached hydrogens (tertiary/aromatic N) is 3. The van der Waals surface area contributed by atoms with Gasteiger partial charge in [-0.05, 0) is 39.8 Å². The van der Waals surface area contributed by atoms with Gasteiger partial charge < -0.3 is 20.5 Å². The molecule has 0 radical (unpaired) electrons. The van der Waals surface area contributed by atoms with Crippen molar-refractivity contribution in [3.63, 3.8) is 0 Å². The maximum atomic E-state index is 10.3. The lowest BCUT2D eigenvalue weighted by Gasteiger charge is -2.38. The number of rotatable bonds is 5. The Kier molecular flexibility index (Phi) is 4.69. The Morgan fingerprint density at radius 2 is 1.78 bits per heavy atom. The first kappa shape index (κ1) is 17.3. The molecule has 0 aliphatic rings. The first-order valence-electron chi connectivity index (χ1n) is 7.23. The molecule has 7 nitrogen and oxygen atoms in total. The van der Waals surface area contributed by atoms with E-state index in [2.05, 4.69) is 15.0 Å². The molecule has 0 saturated carbocycles. The van der Waals surface area contributed by atoms with Crippen LogP contribution in [0.1, 0.15) is 27.7 Å². The van der Waals surface area contributed by atoms with Gasteiger partial charge in [-0.2, -0.15) is 0 Å². The van der Waals surface area contributed by atoms with Gasteiger partial charge in [0.25, 0.3) is 0 Å². The van der Waals surface area contributed by atoms with Crippen LogP contribution in [0.4, 0.5) is 5.82 Å². The largest absolute Gasteiger partial charge is 0.497 e. The minimum atomic E-state index is -1.34. The van der Waals surface area contributed by atoms with Gasteiger partial charge in [0.05, 0.1) is 11.2 Å². The summed E-state index contributed by atoms with van der Waals surface area (Å²) in [7, 11) is -1.34. The van der Waals surface area contributed by atoms with Crippen LogP contribution in [0.15, 0.2) is 30.7 Å². The summed E-state index contributed by atoms with van der Waals surface area (Å²) in [4.78, 5) is 12.3. The van der Waals surface area contributed by atoms with Gasteiger partial charge in [-0.3, -0.25) is 4.98 Å². The molecule has 122 valence electrons. The van der Waals surface area contributed by atoms with Crippen molar-refractivity contribution < 1.29 is 14.8 Å². The van der Waals surface area contributed by atoms with Crippen molar-refractivity contribution in [2.75, 3.05) is 5.73 Å². The van der Waals surface area contributed by atoms with Gasteiger partial charge in [-0.1, -0.05) is 0 Å². The fourth-order valence-corrected chi connectivity index (χ4v) is 1.72. The smallest absolute Gasteiger partial charge is 0.423 e. The van der Waals surface area contributed by atoms with Gasteiger partial charge in [-0.25, -0.2) is 9.97 Å². The summed E-state index contributed by atoms with van der Waals surface area (Å²) < 4.78 is 5.55. The molecule has 0 aliphatic carbocycles. The third-order valence-electron chi connectivity index (χ3n) is 3.93. The minimum absolute atomic E-state index is 0.117. The average molecular weight is 316 g/mol. The van der Waals surface area contributed by atoms with Crippen LogP contribution in [0.25, 0.3) is 11.4 Å². The summed E-state index contributed by atoms with van der Waals surface area (Å²) in [5, 5.41) is 20.4. The molecule has 0 fully saturated rings. The van der Waals surface area contributed by atoms with Crippen LogP contribution in [-0.4, -0.2) is 43.4 Å². The van der Waals surface area contributed by atoms with Crippen molar-refractivity contribution in [1.82, 2.24) is 15.0 Å². The van der Waals surface area contributed by atoms with Gasteiger partial charge >= 0.3 is 7.12 Å². The van der Waals surface area contributed by atoms with E-state index >= 15 is 0 Å². The van der Waals surface area contributed by atoms with E-state index in [0.29, 0.717) is 5.82 Å². The molecule has 2 aromatic heterocycles. The number of pyridine rings is 1. The predicted molar refractivity (Wildman–Crippen MR) is 88.7 cm³/mol. The molecule has 2 aromatic rings. The highest BCUT2D eigenvalue weighted by molar-refractivity contribution is 6.61. The number of anilines is 1. The number of hydrogen-bond donors (Lipinski definition) is 3. The molecule has 0 aromatic carbocycles. The van der Waals surface area contributed by atoms with Crippen LogP contribution in [0.2, 0.25) is 0 Å². The van der Waals surface area contributed by atoms with E-state index in [-0.39, 0.29) is 11.3 Å². The van der Waals surface area contributed by atoms with Crippen molar-refractivity contribution in [3.05, 3.63) is 30.7 Å². The quantitative estimate of drug-likeness (QED) is 0.683. The predicted octanol–water partition coefficient (Wildman–Crippen LogP) is 0.374. The van der Waals surface area contributed by atoms with Gasteiger partial charge in [0, 0.05) is 29.6 Å². The Morgan fingerprint density at radius 1 is 1.17 bits per heavy atom. The van der Waals surface area contributed by atoms with E-state index in [4.69, 9.17) is 10.4 Å². The second-order valence-electron chi connectivity index (χ2n) is 6.31.